The Morgan fingerprint density at radius 3 is 2.71 bits per heavy atom. The summed E-state index contributed by atoms with van der Waals surface area (Å²) in [4.78, 5) is 16.7. The minimum absolute atomic E-state index is 0.176. The molecule has 110 valence electrons. The quantitative estimate of drug-likeness (QED) is 0.896. The minimum Gasteiger partial charge on any atom is -0.370 e. The van der Waals surface area contributed by atoms with E-state index in [1.165, 1.54) is 0 Å². The molecule has 4 nitrogen and oxygen atoms in total. The molecule has 0 spiro atoms. The zero-order valence-corrected chi connectivity index (χ0v) is 13.1. The van der Waals surface area contributed by atoms with Gasteiger partial charge in [0, 0.05) is 28.5 Å². The highest BCUT2D eigenvalue weighted by atomic mass is 35.5. The third kappa shape index (κ3) is 3.95. The summed E-state index contributed by atoms with van der Waals surface area (Å²) >= 11 is 5.97. The number of rotatable bonds is 4. The average Bonchev–Trinajstić information content (AvgIpc) is 2.42. The number of carbonyl (C=O) groups is 1. The second-order valence-electron chi connectivity index (χ2n) is 4.83. The summed E-state index contributed by atoms with van der Waals surface area (Å²) in [6.07, 6.45) is 0. The Labute approximate surface area is 129 Å². The normalized spacial score (nSPS) is 10.3. The molecule has 0 unspecified atom stereocenters. The maximum absolute atomic E-state index is 12.4. The topological polar surface area (TPSA) is 54.0 Å². The monoisotopic (exact) mass is 303 g/mol. The Kier molecular flexibility index (Phi) is 4.81. The SMILES string of the molecule is CCNc1cc(C(=O)Nc2cc(Cl)ccc2C)cc(C)n1. The number of pyridine rings is 1. The zero-order valence-electron chi connectivity index (χ0n) is 12.3. The highest BCUT2D eigenvalue weighted by Crippen LogP contribution is 2.21. The fourth-order valence-electron chi connectivity index (χ4n) is 1.99. The zero-order chi connectivity index (χ0) is 15.4. The van der Waals surface area contributed by atoms with E-state index in [0.29, 0.717) is 22.1 Å². The van der Waals surface area contributed by atoms with Crippen molar-refractivity contribution in [2.24, 2.45) is 0 Å². The highest BCUT2D eigenvalue weighted by molar-refractivity contribution is 6.31. The van der Waals surface area contributed by atoms with Crippen LogP contribution < -0.4 is 10.6 Å². The number of hydrogen-bond donors (Lipinski definition) is 2. The Morgan fingerprint density at radius 1 is 1.24 bits per heavy atom. The molecule has 0 radical (unpaired) electrons. The molecular weight excluding hydrogens is 286 g/mol. The number of hydrogen-bond acceptors (Lipinski definition) is 3. The Hall–Kier alpha value is -2.07. The summed E-state index contributed by atoms with van der Waals surface area (Å²) in [7, 11) is 0. The molecule has 0 atom stereocenters. The van der Waals surface area contributed by atoms with Gasteiger partial charge >= 0.3 is 0 Å². The van der Waals surface area contributed by atoms with Gasteiger partial charge in [0.2, 0.25) is 0 Å². The van der Waals surface area contributed by atoms with Crippen LogP contribution in [0.25, 0.3) is 0 Å². The molecule has 2 aromatic rings. The smallest absolute Gasteiger partial charge is 0.255 e. The molecule has 2 rings (SSSR count). The first-order valence-electron chi connectivity index (χ1n) is 6.79. The molecule has 0 aliphatic carbocycles. The van der Waals surface area contributed by atoms with E-state index in [4.69, 9.17) is 11.6 Å². The second kappa shape index (κ2) is 6.59. The van der Waals surface area contributed by atoms with E-state index in [1.807, 2.05) is 26.8 Å². The number of anilines is 2. The molecular formula is C16H18ClN3O. The highest BCUT2D eigenvalue weighted by Gasteiger charge is 2.10. The van der Waals surface area contributed by atoms with Crippen molar-refractivity contribution in [3.63, 3.8) is 0 Å². The summed E-state index contributed by atoms with van der Waals surface area (Å²) in [6.45, 7) is 6.53. The van der Waals surface area contributed by atoms with Crippen molar-refractivity contribution in [3.05, 3.63) is 52.2 Å². The first-order valence-corrected chi connectivity index (χ1v) is 7.17. The van der Waals surface area contributed by atoms with E-state index >= 15 is 0 Å². The van der Waals surface area contributed by atoms with Crippen LogP contribution in [0.15, 0.2) is 30.3 Å². The number of halogens is 1. The molecule has 1 heterocycles. The summed E-state index contributed by atoms with van der Waals surface area (Å²) < 4.78 is 0. The van der Waals surface area contributed by atoms with E-state index in [0.717, 1.165) is 17.8 Å². The van der Waals surface area contributed by atoms with Crippen LogP contribution in [0.1, 0.15) is 28.5 Å². The Bertz CT molecular complexity index is 671. The van der Waals surface area contributed by atoms with Gasteiger partial charge in [-0.15, -0.1) is 0 Å². The first kappa shape index (κ1) is 15.3. The van der Waals surface area contributed by atoms with Gasteiger partial charge in [-0.2, -0.15) is 0 Å². The van der Waals surface area contributed by atoms with Gasteiger partial charge in [0.1, 0.15) is 5.82 Å². The van der Waals surface area contributed by atoms with E-state index in [-0.39, 0.29) is 5.91 Å². The van der Waals surface area contributed by atoms with Gasteiger partial charge in [0.25, 0.3) is 5.91 Å². The lowest BCUT2D eigenvalue weighted by Crippen LogP contribution is -2.14. The van der Waals surface area contributed by atoms with Crippen LogP contribution in [0.5, 0.6) is 0 Å². The molecule has 1 aromatic heterocycles. The molecule has 0 saturated heterocycles. The summed E-state index contributed by atoms with van der Waals surface area (Å²) in [5.74, 6) is 0.524. The maximum atomic E-state index is 12.4. The van der Waals surface area contributed by atoms with Gasteiger partial charge in [0.15, 0.2) is 0 Å². The average molecular weight is 304 g/mol. The molecule has 0 aliphatic heterocycles. The van der Waals surface area contributed by atoms with Crippen LogP contribution in [0.3, 0.4) is 0 Å². The number of benzene rings is 1. The van der Waals surface area contributed by atoms with Gasteiger partial charge < -0.3 is 10.6 Å². The molecule has 1 amide bonds. The summed E-state index contributed by atoms with van der Waals surface area (Å²) in [5, 5.41) is 6.59. The number of nitrogens with one attached hydrogen (secondary N) is 2. The largest absolute Gasteiger partial charge is 0.370 e. The maximum Gasteiger partial charge on any atom is 0.255 e. The number of carbonyl (C=O) groups excluding carboxylic acids is 1. The first-order chi connectivity index (χ1) is 9.99. The number of nitrogens with zero attached hydrogens (tertiary/aromatic N) is 1. The molecule has 0 aliphatic rings. The van der Waals surface area contributed by atoms with Gasteiger partial charge in [0.05, 0.1) is 0 Å². The molecule has 0 fully saturated rings. The van der Waals surface area contributed by atoms with Crippen molar-refractivity contribution in [2.75, 3.05) is 17.2 Å². The van der Waals surface area contributed by atoms with Crippen LogP contribution in [-0.4, -0.2) is 17.4 Å². The van der Waals surface area contributed by atoms with E-state index in [9.17, 15) is 4.79 Å². The third-order valence-electron chi connectivity index (χ3n) is 3.02. The second-order valence-corrected chi connectivity index (χ2v) is 5.26. The molecule has 0 saturated carbocycles. The van der Waals surface area contributed by atoms with Gasteiger partial charge in [-0.3, -0.25) is 4.79 Å². The lowest BCUT2D eigenvalue weighted by molar-refractivity contribution is 0.102. The lowest BCUT2D eigenvalue weighted by Gasteiger charge is -2.11. The predicted octanol–water partition coefficient (Wildman–Crippen LogP) is 4.04. The summed E-state index contributed by atoms with van der Waals surface area (Å²) in [6, 6.07) is 8.92. The van der Waals surface area contributed by atoms with Crippen molar-refractivity contribution in [1.82, 2.24) is 4.98 Å². The fourth-order valence-corrected chi connectivity index (χ4v) is 2.17. The molecule has 0 bridgehead atoms. The Morgan fingerprint density at radius 2 is 2.00 bits per heavy atom. The number of amides is 1. The van der Waals surface area contributed by atoms with Crippen LogP contribution in [-0.2, 0) is 0 Å². The van der Waals surface area contributed by atoms with Gasteiger partial charge in [-0.25, -0.2) is 4.98 Å². The number of aromatic nitrogens is 1. The van der Waals surface area contributed by atoms with Crippen molar-refractivity contribution in [3.8, 4) is 0 Å². The summed E-state index contributed by atoms with van der Waals surface area (Å²) in [5.41, 5.74) is 3.04. The van der Waals surface area contributed by atoms with Gasteiger partial charge in [-0.1, -0.05) is 17.7 Å². The molecule has 21 heavy (non-hydrogen) atoms. The molecule has 1 aromatic carbocycles. The minimum atomic E-state index is -0.176. The van der Waals surface area contributed by atoms with Crippen molar-refractivity contribution < 1.29 is 4.79 Å². The van der Waals surface area contributed by atoms with Crippen molar-refractivity contribution in [2.45, 2.75) is 20.8 Å². The molecule has 2 N–H and O–H groups in total. The Balaban J connectivity index is 2.25. The van der Waals surface area contributed by atoms with Crippen LogP contribution >= 0.6 is 11.6 Å². The van der Waals surface area contributed by atoms with Crippen LogP contribution in [0, 0.1) is 13.8 Å². The van der Waals surface area contributed by atoms with Crippen molar-refractivity contribution >= 4 is 29.0 Å². The van der Waals surface area contributed by atoms with Crippen LogP contribution in [0.2, 0.25) is 5.02 Å². The van der Waals surface area contributed by atoms with E-state index in [1.54, 1.807) is 24.3 Å². The molecule has 5 heteroatoms. The van der Waals surface area contributed by atoms with E-state index in [2.05, 4.69) is 15.6 Å². The number of aryl methyl sites for hydroxylation is 2. The van der Waals surface area contributed by atoms with Crippen molar-refractivity contribution in [1.29, 1.82) is 0 Å². The van der Waals surface area contributed by atoms with Crippen LogP contribution in [0.4, 0.5) is 11.5 Å². The predicted molar refractivity (Wildman–Crippen MR) is 87.3 cm³/mol. The van der Waals surface area contributed by atoms with E-state index < -0.39 is 0 Å². The fraction of sp³-hybridized carbons (Fsp3) is 0.250. The lowest BCUT2D eigenvalue weighted by atomic mass is 10.1. The third-order valence-corrected chi connectivity index (χ3v) is 3.26. The standard InChI is InChI=1S/C16H18ClN3O/c1-4-18-15-8-12(7-11(3)19-15)16(21)20-14-9-13(17)6-5-10(14)2/h5-9H,4H2,1-3H3,(H,18,19)(H,20,21). The van der Waals surface area contributed by atoms with Gasteiger partial charge in [-0.05, 0) is 50.6 Å².